The number of nitrogens with zero attached hydrogens (tertiary/aromatic N) is 4. The molecule has 10 aromatic rings. The number of ketones is 4. The predicted molar refractivity (Wildman–Crippen MR) is 570 cm³/mol. The number of aliphatic hydroxyl groups is 1. The number of hydrogen-bond donors (Lipinski definition) is 20. The van der Waals surface area contributed by atoms with Crippen molar-refractivity contribution in [3.8, 4) is 0 Å². The molecule has 3 aliphatic rings. The van der Waals surface area contributed by atoms with Crippen molar-refractivity contribution in [2.75, 3.05) is 7.11 Å². The van der Waals surface area contributed by atoms with E-state index in [0.717, 1.165) is 122 Å². The number of carbonyl (C=O) groups excluding carboxylic acids is 8. The van der Waals surface area contributed by atoms with Gasteiger partial charge in [0.25, 0.3) is 23.6 Å². The Morgan fingerprint density at radius 3 is 0.980 bits per heavy atom. The number of aliphatic hydroxyl groups excluding tert-OH is 1. The molecule has 3 unspecified atom stereocenters. The number of para-hydroxylation sites is 4. The van der Waals surface area contributed by atoms with Gasteiger partial charge >= 0.3 is 23.9 Å². The van der Waals surface area contributed by atoms with Crippen LogP contribution in [0, 0.1) is 21.6 Å². The number of carboxylic acids is 4. The third-order valence-electron chi connectivity index (χ3n) is 24.9. The van der Waals surface area contributed by atoms with E-state index in [2.05, 4.69) is 36.2 Å². The number of rotatable bonds is 55. The van der Waals surface area contributed by atoms with Crippen molar-refractivity contribution < 1.29 is 96.9 Å². The van der Waals surface area contributed by atoms with Crippen LogP contribution in [0.1, 0.15) is 218 Å². The molecule has 0 saturated heterocycles. The number of Topliss-reactive ketones (excluding diaryl/α,β-unsaturated/α-hetero) is 4. The summed E-state index contributed by atoms with van der Waals surface area (Å²) in [7, 11) is -2.20. The molecule has 149 heavy (non-hydrogen) atoms. The highest BCUT2D eigenvalue weighted by Crippen LogP contribution is 2.52. The second-order valence-corrected chi connectivity index (χ2v) is 38.5. The van der Waals surface area contributed by atoms with Crippen LogP contribution < -0.4 is 49.9 Å². The zero-order valence-electron chi connectivity index (χ0n) is 82.8. The maximum absolute atomic E-state index is 13.5. The molecule has 0 radical (unpaired) electrons. The van der Waals surface area contributed by atoms with Crippen LogP contribution in [0.3, 0.4) is 0 Å². The summed E-state index contributed by atoms with van der Waals surface area (Å²) >= 11 is 0. The van der Waals surface area contributed by atoms with Gasteiger partial charge in [-0.2, -0.15) is 0 Å². The first-order chi connectivity index (χ1) is 71.3. The van der Waals surface area contributed by atoms with Crippen LogP contribution in [0.25, 0.3) is 10.9 Å². The number of amides is 4. The second-order valence-electron chi connectivity index (χ2n) is 36.6. The molecule has 0 saturated carbocycles. The minimum absolute atomic E-state index is 0.0133. The number of nitrogens with two attached hydrogens (primary N) is 5. The lowest BCUT2D eigenvalue weighted by Gasteiger charge is -2.35. The molecule has 0 bridgehead atoms. The number of carboxylic acid groups (broad SMARTS) is 4. The number of fused-ring (bicyclic) bond motifs is 4. The number of carbonyl (C=O) groups is 12. The van der Waals surface area contributed by atoms with Gasteiger partial charge in [-0.15, -0.1) is 0 Å². The third-order valence-corrected chi connectivity index (χ3v) is 26.7. The first-order valence-corrected chi connectivity index (χ1v) is 50.6. The molecule has 1 aromatic heterocycles. The minimum atomic E-state index is -3.67. The Morgan fingerprint density at radius 1 is 0.349 bits per heavy atom. The third kappa shape index (κ3) is 35.7. The number of unbranched alkanes of at least 4 members (excludes halogenated alkanes) is 8. The van der Waals surface area contributed by atoms with Crippen LogP contribution in [0.5, 0.6) is 0 Å². The van der Waals surface area contributed by atoms with Crippen molar-refractivity contribution in [2.45, 2.75) is 227 Å². The lowest BCUT2D eigenvalue weighted by molar-refractivity contribution is -0.141. The lowest BCUT2D eigenvalue weighted by Crippen LogP contribution is -2.46. The summed E-state index contributed by atoms with van der Waals surface area (Å²) < 4.78 is 29.2. The van der Waals surface area contributed by atoms with Gasteiger partial charge in [0, 0.05) is 132 Å². The number of hydrogen-bond acceptors (Lipinski definition) is 24. The number of nitrogens with one attached hydrogen (secondary N) is 8. The number of benzene rings is 9. The standard InChI is InChI=1S/C32H36N4O6S.C27H32N4O5.C26H31N5O4.C26H30N4O5/c33-30(34)14-6-1-3-10-25(37)19-22-15-17-23(18-16-22)20-27(32(39)40)35-31(38)29-21-24-9-7-8-13-28(24)36(29)43(41,42)26-11-4-2-5-12-26;1-36-25-20-8-5-6-9-21(20)30-24(25)26(33)31-22(27(34)35)16-18-13-11-17(12-14-18)15-19(32)7-3-2-4-10-23(28)29;27-22(28)9-3-1-2-6-18(32)14-16-10-12-17(13-11-16)15-21(26(34)35)31-25(33)24-23(29)19-7-4-5-8-20(19)30-24;27-22(28)9-3-1-2-6-18(31)14-16-10-12-17(13-11-16)15-21(26(34)35)30-25(33)23-24(32)19-7-4-5-8-20(19)29-23/h2,4-5,7-9,11-13,15-18,21,27,41-42H,1,3,6,10,14,19-20H2,(H3,33,34)(H,35,38)(H,39,40);5-6,8-9,11-14,22,25H,2-4,7,10,15-16H2,1H3,(H3,28,29)(H,31,33)(H,34,35);4-5,7-8,10-13,21,23H,1-3,6,9,14-15,29H2,(H3,27,28)(H,31,33)(H,34,35);4-5,7-8,10-13,21,24,32H,1-3,6,9,14-15H2,(H3,27,28)(H,30,33)(H,34,35)/t27-;22-,25?;21-,23?;21-,24?/m0000/s1. The number of methoxy groups -OCH3 is 1. The zero-order chi connectivity index (χ0) is 108. The molecule has 0 fully saturated rings. The summed E-state index contributed by atoms with van der Waals surface area (Å²) in [5, 5.41) is 88.8. The van der Waals surface area contributed by atoms with E-state index >= 15 is 0 Å². The van der Waals surface area contributed by atoms with Crippen molar-refractivity contribution >= 4 is 150 Å². The smallest absolute Gasteiger partial charge is 0.326 e. The normalized spacial score (nSPS) is 14.3. The first kappa shape index (κ1) is 115. The Morgan fingerprint density at radius 2 is 0.631 bits per heavy atom. The summed E-state index contributed by atoms with van der Waals surface area (Å²) in [6, 6.07) is 60.7. The van der Waals surface area contributed by atoms with Crippen molar-refractivity contribution in [1.82, 2.24) is 25.2 Å². The lowest BCUT2D eigenvalue weighted by atomic mass is 10.00. The fourth-order valence-electron chi connectivity index (χ4n) is 16.9. The van der Waals surface area contributed by atoms with E-state index in [4.69, 9.17) is 55.0 Å². The Hall–Kier alpha value is -16.0. The first-order valence-electron chi connectivity index (χ1n) is 49.1. The summed E-state index contributed by atoms with van der Waals surface area (Å²) in [5.74, 6) is -6.30. The number of aliphatic carboxylic acids is 4. The van der Waals surface area contributed by atoms with E-state index in [-0.39, 0.29) is 106 Å². The minimum Gasteiger partial charge on any atom is -0.480 e. The summed E-state index contributed by atoms with van der Waals surface area (Å²) in [5.41, 5.74) is 37.7. The highest BCUT2D eigenvalue weighted by atomic mass is 32.3. The average molecular weight is 2050 g/mol. The summed E-state index contributed by atoms with van der Waals surface area (Å²) in [6.07, 6.45) is 13.2. The second kappa shape index (κ2) is 57.2. The topological polar surface area (TPSA) is 671 Å². The van der Waals surface area contributed by atoms with E-state index in [9.17, 15) is 92.2 Å². The van der Waals surface area contributed by atoms with E-state index in [1.807, 2.05) is 36.4 Å². The van der Waals surface area contributed by atoms with Crippen LogP contribution in [-0.2, 0) is 109 Å². The molecule has 4 heterocycles. The molecule has 784 valence electrons. The van der Waals surface area contributed by atoms with Crippen LogP contribution in [0.15, 0.2) is 250 Å². The van der Waals surface area contributed by atoms with Gasteiger partial charge < -0.3 is 80.2 Å². The molecule has 0 aliphatic carbocycles. The SMILES string of the molecule is COC1C(C(=O)N[C@@H](Cc2ccc(CC(=O)CCCCCC(=N)N)cc2)C(=O)O)=Nc2ccccc21.N=C(N)CCCCCC(=O)Cc1ccc(C[C@H](NC(=O)C2=Nc3ccccc3C2N)C(=O)O)cc1.N=C(N)CCCCCC(=O)Cc1ccc(C[C@H](NC(=O)C2=Nc3ccccc3C2O)C(=O)O)cc1.N=C(N)CCCCCC(=O)Cc1ccc(C[C@H](NC(=O)c2cc3ccccc3n2S(O)(O)c2ccccc2)C(=O)O)cc1. The summed E-state index contributed by atoms with van der Waals surface area (Å²) in [4.78, 5) is 161. The monoisotopic (exact) mass is 2050 g/mol. The van der Waals surface area contributed by atoms with Crippen LogP contribution in [-0.4, -0.2) is 181 Å². The van der Waals surface area contributed by atoms with Crippen molar-refractivity contribution in [1.29, 1.82) is 21.6 Å². The van der Waals surface area contributed by atoms with E-state index in [1.165, 1.54) is 17.1 Å². The van der Waals surface area contributed by atoms with Crippen LogP contribution in [0.2, 0.25) is 0 Å². The Kier molecular flexibility index (Phi) is 44.1. The fourth-order valence-corrected chi connectivity index (χ4v) is 18.5. The fraction of sp³-hybridized carbons (Fsp3) is 0.324. The number of ether oxygens (including phenoxy) is 1. The maximum atomic E-state index is 13.5. The molecular weight excluding hydrogens is 1920 g/mol. The Labute approximate surface area is 864 Å². The molecule has 0 spiro atoms. The van der Waals surface area contributed by atoms with Gasteiger partial charge in [0.2, 0.25) is 0 Å². The molecule has 7 atom stereocenters. The van der Waals surface area contributed by atoms with Gasteiger partial charge in [0.15, 0.2) is 0 Å². The summed E-state index contributed by atoms with van der Waals surface area (Å²) in [6.45, 7) is 0. The number of amidine groups is 4. The largest absolute Gasteiger partial charge is 0.480 e. The van der Waals surface area contributed by atoms with Crippen LogP contribution >= 0.6 is 10.8 Å². The number of aromatic nitrogens is 1. The van der Waals surface area contributed by atoms with Crippen molar-refractivity contribution in [3.63, 3.8) is 0 Å². The number of aliphatic imine (C=N–C) groups is 3. The molecule has 25 N–H and O–H groups in total. The van der Waals surface area contributed by atoms with Gasteiger partial charge in [-0.25, -0.2) is 38.1 Å². The molecule has 38 heteroatoms. The van der Waals surface area contributed by atoms with E-state index in [0.29, 0.717) is 115 Å². The van der Waals surface area contributed by atoms with E-state index < -0.39 is 101 Å². The van der Waals surface area contributed by atoms with Gasteiger partial charge in [-0.1, -0.05) is 225 Å². The Balaban J connectivity index is 0.000000204. The quantitative estimate of drug-likeness (QED) is 0.00956. The Bertz CT molecular complexity index is 6370. The molecule has 37 nitrogen and oxygen atoms in total. The van der Waals surface area contributed by atoms with Crippen molar-refractivity contribution in [2.24, 2.45) is 43.6 Å². The van der Waals surface area contributed by atoms with Gasteiger partial charge in [0.05, 0.1) is 56.9 Å². The zero-order valence-corrected chi connectivity index (χ0v) is 83.6. The van der Waals surface area contributed by atoms with Crippen molar-refractivity contribution in [3.05, 3.63) is 297 Å². The average Bonchev–Trinajstić information content (AvgIpc) is 1.60. The van der Waals surface area contributed by atoms with Gasteiger partial charge in [0.1, 0.15) is 82.3 Å². The maximum Gasteiger partial charge on any atom is 0.326 e. The highest BCUT2D eigenvalue weighted by molar-refractivity contribution is 8.23. The van der Waals surface area contributed by atoms with Gasteiger partial charge in [-0.05, 0) is 138 Å². The van der Waals surface area contributed by atoms with Crippen LogP contribution in [0.4, 0.5) is 17.1 Å². The predicted octanol–water partition coefficient (Wildman–Crippen LogP) is 14.1. The molecule has 13 rings (SSSR count). The molecule has 3 aliphatic heterocycles. The molecule has 9 aromatic carbocycles. The molecular formula is C111H129N17O20S. The highest BCUT2D eigenvalue weighted by Gasteiger charge is 2.38. The molecule has 4 amide bonds. The van der Waals surface area contributed by atoms with Gasteiger partial charge in [-0.3, -0.25) is 69.1 Å². The van der Waals surface area contributed by atoms with E-state index in [1.54, 1.807) is 188 Å².